The lowest BCUT2D eigenvalue weighted by Gasteiger charge is -2.25. The number of benzene rings is 1. The van der Waals surface area contributed by atoms with Gasteiger partial charge in [-0.05, 0) is 39.3 Å². The first kappa shape index (κ1) is 25.3. The van der Waals surface area contributed by atoms with E-state index in [9.17, 15) is 26.7 Å². The van der Waals surface area contributed by atoms with Crippen LogP contribution in [-0.4, -0.2) is 38.5 Å². The summed E-state index contributed by atoms with van der Waals surface area (Å²) < 4.78 is 72.4. The minimum absolute atomic E-state index is 0.0429. The predicted octanol–water partition coefficient (Wildman–Crippen LogP) is 3.99. The molecule has 1 aromatic carbocycles. The molecule has 0 saturated heterocycles. The molecule has 12 heteroatoms. The third kappa shape index (κ3) is 5.99. The maximum atomic E-state index is 13.9. The van der Waals surface area contributed by atoms with Crippen molar-refractivity contribution < 1.29 is 31.5 Å². The van der Waals surface area contributed by atoms with Gasteiger partial charge in [-0.25, -0.2) is 18.7 Å². The number of rotatable bonds is 8. The van der Waals surface area contributed by atoms with Crippen molar-refractivity contribution in [3.05, 3.63) is 58.7 Å². The molecule has 0 saturated carbocycles. The molecule has 2 aromatic heterocycles. The van der Waals surface area contributed by atoms with Gasteiger partial charge in [0.1, 0.15) is 23.9 Å². The van der Waals surface area contributed by atoms with E-state index in [1.807, 2.05) is 0 Å². The molecule has 0 fully saturated rings. The molecule has 34 heavy (non-hydrogen) atoms. The van der Waals surface area contributed by atoms with Crippen LogP contribution in [0.15, 0.2) is 24.4 Å². The number of hydrogen-bond acceptors (Lipinski definition) is 5. The molecule has 1 unspecified atom stereocenters. The molecule has 1 amide bonds. The fourth-order valence-corrected chi connectivity index (χ4v) is 3.31. The molecule has 0 aliphatic rings. The van der Waals surface area contributed by atoms with Crippen LogP contribution >= 0.6 is 0 Å². The van der Waals surface area contributed by atoms with Gasteiger partial charge in [0.2, 0.25) is 5.65 Å². The Bertz CT molecular complexity index is 1190. The topological polar surface area (TPSA) is 94.5 Å². The first-order chi connectivity index (χ1) is 15.8. The van der Waals surface area contributed by atoms with Crippen LogP contribution in [0.25, 0.3) is 5.65 Å². The van der Waals surface area contributed by atoms with Gasteiger partial charge in [-0.15, -0.1) is 0 Å². The minimum Gasteiger partial charge on any atom is -0.470 e. The quantitative estimate of drug-likeness (QED) is 0.471. The number of carbonyl (C=O) groups is 1. The van der Waals surface area contributed by atoms with Crippen LogP contribution in [0, 0.1) is 25.5 Å². The molecule has 0 spiro atoms. The number of aryl methyl sites for hydroxylation is 2. The van der Waals surface area contributed by atoms with Crippen molar-refractivity contribution in [1.82, 2.24) is 19.7 Å². The Morgan fingerprint density at radius 1 is 1.15 bits per heavy atom. The number of halogens is 5. The standard InChI is InChI=1S/C22H24F5N5O2/c1-12-9-32-17(19(33)29-11-21(3,28)7-8-22(25,26)27)13(2)31-18(32)20(30-12)34-10-14-15(23)5-4-6-16(14)24/h4-6,9H,7-8,10-11,28H2,1-3H3,(H,29,33). The van der Waals surface area contributed by atoms with Crippen molar-refractivity contribution >= 4 is 11.6 Å². The zero-order valence-electron chi connectivity index (χ0n) is 18.8. The average Bonchev–Trinajstić information content (AvgIpc) is 3.05. The Labute approximate surface area is 192 Å². The van der Waals surface area contributed by atoms with E-state index < -0.39 is 42.3 Å². The van der Waals surface area contributed by atoms with E-state index in [-0.39, 0.29) is 35.8 Å². The molecule has 0 radical (unpaired) electrons. The summed E-state index contributed by atoms with van der Waals surface area (Å²) in [5.41, 5.74) is 5.31. The van der Waals surface area contributed by atoms with Gasteiger partial charge in [0.25, 0.3) is 11.8 Å². The zero-order chi connectivity index (χ0) is 25.3. The molecule has 3 aromatic rings. The third-order valence-corrected chi connectivity index (χ3v) is 5.13. The van der Waals surface area contributed by atoms with Gasteiger partial charge in [0.05, 0.1) is 17.0 Å². The highest BCUT2D eigenvalue weighted by Crippen LogP contribution is 2.25. The normalized spacial score (nSPS) is 13.7. The summed E-state index contributed by atoms with van der Waals surface area (Å²) in [5, 5.41) is 2.55. The highest BCUT2D eigenvalue weighted by Gasteiger charge is 2.32. The SMILES string of the molecule is Cc1cn2c(C(=O)NCC(C)(N)CCC(F)(F)F)c(C)nc2c(OCc2c(F)cccc2F)n1. The summed E-state index contributed by atoms with van der Waals surface area (Å²) in [5.74, 6) is -2.21. The number of nitrogens with one attached hydrogen (secondary N) is 1. The summed E-state index contributed by atoms with van der Waals surface area (Å²) in [6.07, 6.45) is -4.27. The van der Waals surface area contributed by atoms with E-state index >= 15 is 0 Å². The van der Waals surface area contributed by atoms with Gasteiger partial charge < -0.3 is 15.8 Å². The molecule has 3 rings (SSSR count). The van der Waals surface area contributed by atoms with Gasteiger partial charge in [-0.1, -0.05) is 6.07 Å². The molecular weight excluding hydrogens is 461 g/mol. The molecule has 0 aliphatic heterocycles. The van der Waals surface area contributed by atoms with Crippen molar-refractivity contribution in [1.29, 1.82) is 0 Å². The lowest BCUT2D eigenvalue weighted by atomic mass is 9.97. The Balaban J connectivity index is 1.82. The fourth-order valence-electron chi connectivity index (χ4n) is 3.31. The van der Waals surface area contributed by atoms with E-state index in [4.69, 9.17) is 10.5 Å². The summed E-state index contributed by atoms with van der Waals surface area (Å²) in [7, 11) is 0. The lowest BCUT2D eigenvalue weighted by Crippen LogP contribution is -2.48. The number of nitrogens with zero attached hydrogens (tertiary/aromatic N) is 3. The first-order valence-corrected chi connectivity index (χ1v) is 10.3. The van der Waals surface area contributed by atoms with Gasteiger partial charge in [-0.2, -0.15) is 13.2 Å². The first-order valence-electron chi connectivity index (χ1n) is 10.3. The van der Waals surface area contributed by atoms with Crippen molar-refractivity contribution in [2.24, 2.45) is 5.73 Å². The molecule has 184 valence electrons. The summed E-state index contributed by atoms with van der Waals surface area (Å²) in [6, 6.07) is 3.43. The van der Waals surface area contributed by atoms with Gasteiger partial charge in [0, 0.05) is 24.7 Å². The highest BCUT2D eigenvalue weighted by molar-refractivity contribution is 5.95. The van der Waals surface area contributed by atoms with Crippen LogP contribution in [0.4, 0.5) is 22.0 Å². The second kappa shape index (κ2) is 9.53. The number of ether oxygens (including phenoxy) is 1. The van der Waals surface area contributed by atoms with Crippen LogP contribution in [0.5, 0.6) is 5.88 Å². The van der Waals surface area contributed by atoms with E-state index in [1.54, 1.807) is 13.8 Å². The van der Waals surface area contributed by atoms with Gasteiger partial charge in [0.15, 0.2) is 0 Å². The lowest BCUT2D eigenvalue weighted by molar-refractivity contribution is -0.137. The smallest absolute Gasteiger partial charge is 0.389 e. The largest absolute Gasteiger partial charge is 0.470 e. The summed E-state index contributed by atoms with van der Waals surface area (Å²) >= 11 is 0. The average molecular weight is 485 g/mol. The number of aromatic nitrogens is 3. The monoisotopic (exact) mass is 485 g/mol. The molecule has 2 heterocycles. The predicted molar refractivity (Wildman–Crippen MR) is 113 cm³/mol. The Morgan fingerprint density at radius 3 is 2.41 bits per heavy atom. The number of nitrogens with two attached hydrogens (primary N) is 1. The van der Waals surface area contributed by atoms with Crippen LogP contribution in [-0.2, 0) is 6.61 Å². The van der Waals surface area contributed by atoms with Crippen molar-refractivity contribution in [3.63, 3.8) is 0 Å². The number of imidazole rings is 1. The zero-order valence-corrected chi connectivity index (χ0v) is 18.8. The third-order valence-electron chi connectivity index (χ3n) is 5.13. The number of amides is 1. The Hall–Kier alpha value is -3.28. The van der Waals surface area contributed by atoms with Crippen molar-refractivity contribution in [2.45, 2.75) is 51.9 Å². The molecule has 0 aliphatic carbocycles. The van der Waals surface area contributed by atoms with Crippen LogP contribution in [0.2, 0.25) is 0 Å². The molecule has 7 nitrogen and oxygen atoms in total. The van der Waals surface area contributed by atoms with E-state index in [0.29, 0.717) is 11.4 Å². The van der Waals surface area contributed by atoms with E-state index in [2.05, 4.69) is 15.3 Å². The maximum Gasteiger partial charge on any atom is 0.389 e. The van der Waals surface area contributed by atoms with Crippen molar-refractivity contribution in [2.75, 3.05) is 6.54 Å². The van der Waals surface area contributed by atoms with Crippen LogP contribution in [0.3, 0.4) is 0 Å². The molecule has 0 bridgehead atoms. The Kier molecular flexibility index (Phi) is 7.10. The minimum atomic E-state index is -4.35. The Morgan fingerprint density at radius 2 is 1.79 bits per heavy atom. The van der Waals surface area contributed by atoms with Crippen LogP contribution in [0.1, 0.15) is 47.2 Å². The highest BCUT2D eigenvalue weighted by atomic mass is 19.4. The second-order valence-electron chi connectivity index (χ2n) is 8.37. The fraction of sp³-hybridized carbons (Fsp3) is 0.409. The summed E-state index contributed by atoms with van der Waals surface area (Å²) in [6.45, 7) is 3.95. The number of carbonyl (C=O) groups excluding carboxylic acids is 1. The van der Waals surface area contributed by atoms with E-state index in [1.165, 1.54) is 23.6 Å². The summed E-state index contributed by atoms with van der Waals surface area (Å²) in [4.78, 5) is 21.4. The van der Waals surface area contributed by atoms with Crippen molar-refractivity contribution in [3.8, 4) is 5.88 Å². The number of hydrogen-bond donors (Lipinski definition) is 2. The van der Waals surface area contributed by atoms with Crippen LogP contribution < -0.4 is 15.8 Å². The van der Waals surface area contributed by atoms with E-state index in [0.717, 1.165) is 12.1 Å². The van der Waals surface area contributed by atoms with Gasteiger partial charge in [-0.3, -0.25) is 9.20 Å². The number of alkyl halides is 3. The maximum absolute atomic E-state index is 13.9. The molecular formula is C22H24F5N5O2. The second-order valence-corrected chi connectivity index (χ2v) is 8.37. The number of fused-ring (bicyclic) bond motifs is 1. The van der Waals surface area contributed by atoms with Gasteiger partial charge >= 0.3 is 6.18 Å². The molecule has 3 N–H and O–H groups in total. The molecule has 1 atom stereocenters.